The van der Waals surface area contributed by atoms with E-state index in [0.717, 1.165) is 10.0 Å². The van der Waals surface area contributed by atoms with Gasteiger partial charge in [-0.1, -0.05) is 41.3 Å². The van der Waals surface area contributed by atoms with Crippen molar-refractivity contribution in [3.8, 4) is 17.2 Å². The number of rotatable bonds is 7. The van der Waals surface area contributed by atoms with Crippen LogP contribution in [0.2, 0.25) is 0 Å². The highest BCUT2D eigenvalue weighted by molar-refractivity contribution is 8.01. The summed E-state index contributed by atoms with van der Waals surface area (Å²) in [6.07, 6.45) is 0. The quantitative estimate of drug-likeness (QED) is 0.324. The van der Waals surface area contributed by atoms with Gasteiger partial charge in [0.25, 0.3) is 0 Å². The fourth-order valence-electron chi connectivity index (χ4n) is 2.27. The average Bonchev–Trinajstić information content (AvgIpc) is 3.06. The molecule has 0 fully saturated rings. The number of ketones is 1. The number of ether oxygens (including phenoxy) is 2. The van der Waals surface area contributed by atoms with Crippen molar-refractivity contribution in [3.63, 3.8) is 0 Å². The monoisotopic (exact) mass is 404 g/mol. The van der Waals surface area contributed by atoms with E-state index >= 15 is 0 Å². The van der Waals surface area contributed by atoms with E-state index in [1.807, 2.05) is 30.3 Å². The number of benzene rings is 2. The van der Waals surface area contributed by atoms with Crippen LogP contribution in [0.25, 0.3) is 5.69 Å². The largest absolute Gasteiger partial charge is 0.493 e. The predicted molar refractivity (Wildman–Crippen MR) is 107 cm³/mol. The first-order valence-electron chi connectivity index (χ1n) is 7.66. The minimum absolute atomic E-state index is 0.0108. The molecule has 0 amide bonds. The van der Waals surface area contributed by atoms with Crippen LogP contribution in [-0.2, 0) is 0 Å². The molecule has 1 heterocycles. The maximum atomic E-state index is 12.5. The van der Waals surface area contributed by atoms with Crippen molar-refractivity contribution in [3.05, 3.63) is 58.0 Å². The topological polar surface area (TPSA) is 53.3 Å². The lowest BCUT2D eigenvalue weighted by atomic mass is 10.1. The average molecular weight is 405 g/mol. The molecule has 0 atom stereocenters. The first-order chi connectivity index (χ1) is 12.6. The summed E-state index contributed by atoms with van der Waals surface area (Å²) in [7, 11) is 3.11. The van der Waals surface area contributed by atoms with E-state index in [9.17, 15) is 4.79 Å². The van der Waals surface area contributed by atoms with E-state index in [1.54, 1.807) is 37.1 Å². The highest BCUT2D eigenvalue weighted by atomic mass is 32.2. The number of carbonyl (C=O) groups excluding carboxylic acids is 1. The molecule has 5 nitrogen and oxygen atoms in total. The number of thioether (sulfide) groups is 1. The number of Topliss-reactive ketones (excluding diaryl/α,β-unsaturated/α-hetero) is 1. The normalized spacial score (nSPS) is 10.5. The first-order valence-corrected chi connectivity index (χ1v) is 9.87. The van der Waals surface area contributed by atoms with Gasteiger partial charge in [0.05, 0.1) is 25.7 Å². The minimum atomic E-state index is -0.0108. The minimum Gasteiger partial charge on any atom is -0.493 e. The summed E-state index contributed by atoms with van der Waals surface area (Å²) in [5, 5.41) is 4.50. The third kappa shape index (κ3) is 4.14. The smallest absolute Gasteiger partial charge is 0.184 e. The van der Waals surface area contributed by atoms with E-state index in [1.165, 1.54) is 23.1 Å². The van der Waals surface area contributed by atoms with Gasteiger partial charge >= 0.3 is 0 Å². The Labute approximate surface area is 164 Å². The Balaban J connectivity index is 1.72. The molecule has 0 aliphatic carbocycles. The van der Waals surface area contributed by atoms with Gasteiger partial charge in [-0.3, -0.25) is 4.79 Å². The van der Waals surface area contributed by atoms with Crippen LogP contribution in [0.3, 0.4) is 0 Å². The van der Waals surface area contributed by atoms with Crippen molar-refractivity contribution in [1.82, 2.24) is 9.78 Å². The van der Waals surface area contributed by atoms with Gasteiger partial charge in [-0.05, 0) is 42.5 Å². The molecule has 0 bridgehead atoms. The number of hydrogen-bond acceptors (Lipinski definition) is 7. The van der Waals surface area contributed by atoms with Gasteiger partial charge in [0, 0.05) is 5.56 Å². The number of methoxy groups -OCH3 is 2. The van der Waals surface area contributed by atoms with E-state index in [4.69, 9.17) is 21.7 Å². The molecule has 1 aromatic heterocycles. The molecule has 0 aliphatic rings. The van der Waals surface area contributed by atoms with Crippen molar-refractivity contribution < 1.29 is 14.3 Å². The van der Waals surface area contributed by atoms with Crippen LogP contribution in [0, 0.1) is 3.95 Å². The summed E-state index contributed by atoms with van der Waals surface area (Å²) >= 11 is 8.15. The number of hydrogen-bond donors (Lipinski definition) is 0. The van der Waals surface area contributed by atoms with Gasteiger partial charge in [-0.25, -0.2) is 4.68 Å². The molecule has 134 valence electrons. The number of aromatic nitrogens is 2. The Hall–Kier alpha value is -2.16. The molecule has 0 aliphatic heterocycles. The lowest BCUT2D eigenvalue weighted by Crippen LogP contribution is -2.03. The summed E-state index contributed by atoms with van der Waals surface area (Å²) in [6, 6.07) is 14.8. The van der Waals surface area contributed by atoms with Crippen molar-refractivity contribution >= 4 is 41.1 Å². The van der Waals surface area contributed by atoms with Crippen LogP contribution in [-0.4, -0.2) is 35.5 Å². The Bertz CT molecular complexity index is 967. The lowest BCUT2D eigenvalue weighted by Gasteiger charge is -2.08. The number of carbonyl (C=O) groups is 1. The fourth-order valence-corrected chi connectivity index (χ4v) is 4.53. The highest BCUT2D eigenvalue weighted by Crippen LogP contribution is 2.29. The molecular formula is C18H16N2O3S3. The van der Waals surface area contributed by atoms with Gasteiger partial charge < -0.3 is 9.47 Å². The zero-order chi connectivity index (χ0) is 18.5. The van der Waals surface area contributed by atoms with Crippen LogP contribution in [0.15, 0.2) is 52.9 Å². The Morgan fingerprint density at radius 1 is 1.15 bits per heavy atom. The van der Waals surface area contributed by atoms with Crippen LogP contribution in [0.1, 0.15) is 10.4 Å². The molecule has 3 aromatic rings. The second-order valence-electron chi connectivity index (χ2n) is 5.16. The first kappa shape index (κ1) is 18.6. The SMILES string of the molecule is COc1ccc(C(=O)CSc2nn(-c3ccccc3)c(=S)s2)cc1OC. The molecule has 0 saturated heterocycles. The number of para-hydroxylation sites is 1. The van der Waals surface area contributed by atoms with Crippen molar-refractivity contribution in [2.24, 2.45) is 0 Å². The Morgan fingerprint density at radius 3 is 2.58 bits per heavy atom. The summed E-state index contributed by atoms with van der Waals surface area (Å²) in [5.41, 5.74) is 1.48. The second kappa shape index (κ2) is 8.48. The fraction of sp³-hybridized carbons (Fsp3) is 0.167. The lowest BCUT2D eigenvalue weighted by molar-refractivity contribution is 0.102. The van der Waals surface area contributed by atoms with Gasteiger partial charge in [0.1, 0.15) is 0 Å². The third-order valence-electron chi connectivity index (χ3n) is 3.56. The van der Waals surface area contributed by atoms with Crippen molar-refractivity contribution in [2.75, 3.05) is 20.0 Å². The molecule has 26 heavy (non-hydrogen) atoms. The van der Waals surface area contributed by atoms with Gasteiger partial charge in [-0.2, -0.15) is 0 Å². The maximum absolute atomic E-state index is 12.5. The predicted octanol–water partition coefficient (Wildman–Crippen LogP) is 4.66. The van der Waals surface area contributed by atoms with E-state index in [0.29, 0.717) is 21.0 Å². The summed E-state index contributed by atoms with van der Waals surface area (Å²) in [4.78, 5) is 12.5. The zero-order valence-corrected chi connectivity index (χ0v) is 16.6. The molecule has 0 N–H and O–H groups in total. The number of nitrogens with zero attached hydrogens (tertiary/aromatic N) is 2. The van der Waals surface area contributed by atoms with Gasteiger partial charge in [0.15, 0.2) is 25.6 Å². The Kier molecular flexibility index (Phi) is 6.08. The van der Waals surface area contributed by atoms with E-state index in [2.05, 4.69) is 5.10 Å². The molecule has 0 spiro atoms. The highest BCUT2D eigenvalue weighted by Gasteiger charge is 2.13. The molecule has 0 saturated carbocycles. The summed E-state index contributed by atoms with van der Waals surface area (Å²) < 4.78 is 13.6. The molecular weight excluding hydrogens is 388 g/mol. The van der Waals surface area contributed by atoms with Crippen LogP contribution < -0.4 is 9.47 Å². The maximum Gasteiger partial charge on any atom is 0.184 e. The molecule has 3 rings (SSSR count). The third-order valence-corrected chi connectivity index (χ3v) is 5.93. The van der Waals surface area contributed by atoms with Crippen LogP contribution in [0.4, 0.5) is 0 Å². The standard InChI is InChI=1S/C18H16N2O3S3/c1-22-15-9-8-12(10-16(15)23-2)14(21)11-25-17-19-20(18(24)26-17)13-6-4-3-5-7-13/h3-10H,11H2,1-2H3. The summed E-state index contributed by atoms with van der Waals surface area (Å²) in [6.45, 7) is 0. The van der Waals surface area contributed by atoms with Crippen molar-refractivity contribution in [2.45, 2.75) is 4.34 Å². The molecule has 0 unspecified atom stereocenters. The van der Waals surface area contributed by atoms with E-state index in [-0.39, 0.29) is 11.5 Å². The molecule has 0 radical (unpaired) electrons. The Morgan fingerprint density at radius 2 is 1.88 bits per heavy atom. The van der Waals surface area contributed by atoms with E-state index < -0.39 is 0 Å². The zero-order valence-electron chi connectivity index (χ0n) is 14.2. The summed E-state index contributed by atoms with van der Waals surface area (Å²) in [5.74, 6) is 1.39. The second-order valence-corrected chi connectivity index (χ2v) is 8.01. The van der Waals surface area contributed by atoms with Gasteiger partial charge in [-0.15, -0.1) is 5.10 Å². The molecule has 2 aromatic carbocycles. The van der Waals surface area contributed by atoms with Crippen molar-refractivity contribution in [1.29, 1.82) is 0 Å². The van der Waals surface area contributed by atoms with Gasteiger partial charge in [0.2, 0.25) is 0 Å². The van der Waals surface area contributed by atoms with Crippen LogP contribution >= 0.6 is 35.3 Å². The van der Waals surface area contributed by atoms with Crippen LogP contribution in [0.5, 0.6) is 11.5 Å². The molecule has 8 heteroatoms.